The van der Waals surface area contributed by atoms with Crippen LogP contribution in [0.2, 0.25) is 0 Å². The zero-order valence-corrected chi connectivity index (χ0v) is 15.2. The van der Waals surface area contributed by atoms with Crippen molar-refractivity contribution in [3.05, 3.63) is 46.7 Å². The van der Waals surface area contributed by atoms with E-state index < -0.39 is 0 Å². The van der Waals surface area contributed by atoms with Gasteiger partial charge in [-0.15, -0.1) is 11.3 Å². The summed E-state index contributed by atoms with van der Waals surface area (Å²) < 4.78 is 12.1. The molecule has 4 aromatic rings. The number of ether oxygens (including phenoxy) is 1. The quantitative estimate of drug-likeness (QED) is 0.545. The molecule has 0 aliphatic carbocycles. The number of para-hydroxylation sites is 1. The van der Waals surface area contributed by atoms with Gasteiger partial charge in [0.25, 0.3) is 0 Å². The minimum absolute atomic E-state index is 0.173. The molecule has 4 heterocycles. The lowest BCUT2D eigenvalue weighted by molar-refractivity contribution is 0.0536. The molecule has 1 atom stereocenters. The second-order valence-electron chi connectivity index (χ2n) is 6.50. The summed E-state index contributed by atoms with van der Waals surface area (Å²) in [7, 11) is 0. The summed E-state index contributed by atoms with van der Waals surface area (Å²) in [5.74, 6) is 0.849. The lowest BCUT2D eigenvalue weighted by Crippen LogP contribution is -2.24. The second-order valence-corrected chi connectivity index (χ2v) is 7.56. The molecule has 0 radical (unpaired) electrons. The molecule has 1 aromatic carbocycles. The normalized spacial score (nSPS) is 17.6. The van der Waals surface area contributed by atoms with Crippen LogP contribution >= 0.6 is 11.3 Å². The van der Waals surface area contributed by atoms with Gasteiger partial charge in [-0.05, 0) is 25.5 Å². The molecule has 1 saturated heterocycles. The van der Waals surface area contributed by atoms with Crippen LogP contribution < -0.4 is 4.90 Å². The van der Waals surface area contributed by atoms with E-state index in [0.29, 0.717) is 6.61 Å². The Bertz CT molecular complexity index is 1070. The number of aromatic nitrogens is 3. The van der Waals surface area contributed by atoms with Gasteiger partial charge >= 0.3 is 0 Å². The highest BCUT2D eigenvalue weighted by Gasteiger charge is 2.27. The summed E-state index contributed by atoms with van der Waals surface area (Å²) in [4.78, 5) is 15.6. The van der Waals surface area contributed by atoms with Gasteiger partial charge in [-0.3, -0.25) is 0 Å². The standard InChI is InChI=1S/C19H18N4O2S/c1-12-22-13(10-26-12)9-24-14-6-7-23(8-14)19-18-17(20-11-21-19)15-4-2-3-5-16(15)25-18/h2-5,10-11,14H,6-9H2,1H3. The highest BCUT2D eigenvalue weighted by molar-refractivity contribution is 7.09. The van der Waals surface area contributed by atoms with Crippen LogP contribution in [0.4, 0.5) is 5.82 Å². The molecule has 1 aliphatic rings. The predicted molar refractivity (Wildman–Crippen MR) is 102 cm³/mol. The molecule has 0 saturated carbocycles. The summed E-state index contributed by atoms with van der Waals surface area (Å²) in [5.41, 5.74) is 3.47. The average molecular weight is 366 g/mol. The highest BCUT2D eigenvalue weighted by atomic mass is 32.1. The number of hydrogen-bond acceptors (Lipinski definition) is 7. The van der Waals surface area contributed by atoms with Gasteiger partial charge < -0.3 is 14.1 Å². The van der Waals surface area contributed by atoms with Gasteiger partial charge in [-0.2, -0.15) is 0 Å². The minimum Gasteiger partial charge on any atom is -0.450 e. The molecule has 1 fully saturated rings. The lowest BCUT2D eigenvalue weighted by Gasteiger charge is -2.17. The van der Waals surface area contributed by atoms with Crippen molar-refractivity contribution in [2.75, 3.05) is 18.0 Å². The Morgan fingerprint density at radius 3 is 3.12 bits per heavy atom. The van der Waals surface area contributed by atoms with E-state index in [1.807, 2.05) is 31.2 Å². The fourth-order valence-electron chi connectivity index (χ4n) is 3.47. The maximum absolute atomic E-state index is 6.05. The van der Waals surface area contributed by atoms with Crippen LogP contribution in [-0.4, -0.2) is 34.1 Å². The molecule has 0 amide bonds. The van der Waals surface area contributed by atoms with E-state index >= 15 is 0 Å². The number of thiazole rings is 1. The van der Waals surface area contributed by atoms with Gasteiger partial charge in [0, 0.05) is 23.9 Å². The van der Waals surface area contributed by atoms with Crippen LogP contribution in [0.1, 0.15) is 17.1 Å². The van der Waals surface area contributed by atoms with Crippen molar-refractivity contribution in [3.8, 4) is 0 Å². The number of hydrogen-bond donors (Lipinski definition) is 0. The van der Waals surface area contributed by atoms with E-state index in [9.17, 15) is 0 Å². The van der Waals surface area contributed by atoms with Crippen LogP contribution in [0.25, 0.3) is 22.1 Å². The van der Waals surface area contributed by atoms with Gasteiger partial charge in [0.15, 0.2) is 11.4 Å². The third-order valence-corrected chi connectivity index (χ3v) is 5.54. The van der Waals surface area contributed by atoms with E-state index in [1.54, 1.807) is 17.7 Å². The number of fused-ring (bicyclic) bond motifs is 3. The Morgan fingerprint density at radius 2 is 2.23 bits per heavy atom. The van der Waals surface area contributed by atoms with Crippen molar-refractivity contribution in [1.82, 2.24) is 15.0 Å². The van der Waals surface area contributed by atoms with E-state index in [1.165, 1.54) is 0 Å². The van der Waals surface area contributed by atoms with E-state index in [4.69, 9.17) is 9.15 Å². The summed E-state index contributed by atoms with van der Waals surface area (Å²) in [6.07, 6.45) is 2.76. The minimum atomic E-state index is 0.173. The fourth-order valence-corrected chi connectivity index (χ4v) is 4.07. The first-order chi connectivity index (χ1) is 12.8. The number of aryl methyl sites for hydroxylation is 1. The van der Waals surface area contributed by atoms with E-state index in [2.05, 4.69) is 25.2 Å². The number of furan rings is 1. The number of benzene rings is 1. The van der Waals surface area contributed by atoms with Crippen molar-refractivity contribution >= 4 is 39.2 Å². The first-order valence-corrected chi connectivity index (χ1v) is 9.56. The lowest BCUT2D eigenvalue weighted by atomic mass is 10.2. The van der Waals surface area contributed by atoms with Crippen molar-refractivity contribution in [2.24, 2.45) is 0 Å². The van der Waals surface area contributed by atoms with Gasteiger partial charge in [0.2, 0.25) is 0 Å². The Kier molecular flexibility index (Phi) is 3.83. The molecular weight excluding hydrogens is 348 g/mol. The molecule has 26 heavy (non-hydrogen) atoms. The average Bonchev–Trinajstić information content (AvgIpc) is 3.37. The molecule has 3 aromatic heterocycles. The summed E-state index contributed by atoms with van der Waals surface area (Å²) >= 11 is 1.66. The first kappa shape index (κ1) is 15.7. The number of nitrogens with zero attached hydrogens (tertiary/aromatic N) is 4. The molecule has 7 heteroatoms. The molecule has 5 rings (SSSR count). The summed E-state index contributed by atoms with van der Waals surface area (Å²) in [6, 6.07) is 7.97. The zero-order chi connectivity index (χ0) is 17.5. The molecule has 132 valence electrons. The van der Waals surface area contributed by atoms with Gasteiger partial charge in [0.05, 0.1) is 23.4 Å². The second kappa shape index (κ2) is 6.34. The Labute approximate surface area is 154 Å². The molecule has 0 bridgehead atoms. The molecule has 6 nitrogen and oxygen atoms in total. The third kappa shape index (κ3) is 2.73. The van der Waals surface area contributed by atoms with Crippen LogP contribution in [0.3, 0.4) is 0 Å². The maximum Gasteiger partial charge on any atom is 0.196 e. The van der Waals surface area contributed by atoms with Crippen LogP contribution in [0, 0.1) is 6.92 Å². The van der Waals surface area contributed by atoms with Crippen molar-refractivity contribution in [1.29, 1.82) is 0 Å². The number of rotatable bonds is 4. The van der Waals surface area contributed by atoms with Crippen molar-refractivity contribution in [2.45, 2.75) is 26.1 Å². The van der Waals surface area contributed by atoms with E-state index in [0.717, 1.165) is 58.1 Å². The van der Waals surface area contributed by atoms with Crippen LogP contribution in [-0.2, 0) is 11.3 Å². The molecule has 1 aliphatic heterocycles. The van der Waals surface area contributed by atoms with Crippen LogP contribution in [0.15, 0.2) is 40.4 Å². The van der Waals surface area contributed by atoms with Crippen molar-refractivity contribution in [3.63, 3.8) is 0 Å². The van der Waals surface area contributed by atoms with Gasteiger partial charge in [0.1, 0.15) is 17.4 Å². The fraction of sp³-hybridized carbons (Fsp3) is 0.316. The SMILES string of the molecule is Cc1nc(COC2CCN(c3ncnc4c3oc3ccccc34)C2)cs1. The van der Waals surface area contributed by atoms with Crippen molar-refractivity contribution < 1.29 is 9.15 Å². The largest absolute Gasteiger partial charge is 0.450 e. The first-order valence-electron chi connectivity index (χ1n) is 8.68. The molecule has 0 spiro atoms. The predicted octanol–water partition coefficient (Wildman–Crippen LogP) is 3.94. The summed E-state index contributed by atoms with van der Waals surface area (Å²) in [6.45, 7) is 4.27. The zero-order valence-electron chi connectivity index (χ0n) is 14.4. The monoisotopic (exact) mass is 366 g/mol. The molecule has 1 unspecified atom stereocenters. The topological polar surface area (TPSA) is 64.3 Å². The van der Waals surface area contributed by atoms with Crippen LogP contribution in [0.5, 0.6) is 0 Å². The Hall–Kier alpha value is -2.51. The van der Waals surface area contributed by atoms with Gasteiger partial charge in [-0.1, -0.05) is 12.1 Å². The van der Waals surface area contributed by atoms with E-state index in [-0.39, 0.29) is 6.10 Å². The molecular formula is C19H18N4O2S. The maximum atomic E-state index is 6.05. The highest BCUT2D eigenvalue weighted by Crippen LogP contribution is 2.33. The Morgan fingerprint density at radius 1 is 1.31 bits per heavy atom. The Balaban J connectivity index is 1.37. The van der Waals surface area contributed by atoms with Gasteiger partial charge in [-0.25, -0.2) is 15.0 Å². The smallest absolute Gasteiger partial charge is 0.196 e. The summed E-state index contributed by atoms with van der Waals surface area (Å²) in [5, 5.41) is 4.16. The number of anilines is 1. The third-order valence-electron chi connectivity index (χ3n) is 4.72. The molecule has 0 N–H and O–H groups in total.